The lowest BCUT2D eigenvalue weighted by Gasteiger charge is -2.19. The Morgan fingerprint density at radius 1 is 1.13 bits per heavy atom. The average Bonchev–Trinajstić information content (AvgIpc) is 2.55. The fourth-order valence-corrected chi connectivity index (χ4v) is 1.99. The first-order chi connectivity index (χ1) is 11.1. The minimum absolute atomic E-state index is 0. The Kier molecular flexibility index (Phi) is 5.71. The van der Waals surface area contributed by atoms with Gasteiger partial charge >= 0.3 is 6.03 Å². The highest BCUT2D eigenvalue weighted by atomic mass is 19.1. The number of hydrogen-bond donors (Lipinski definition) is 3. The molecule has 0 aliphatic rings. The monoisotopic (exact) mass is 318 g/mol. The molecule has 0 aromatic heterocycles. The standard InChI is InChI=1S/C17H19FN4O.2H2/c1-3-22(12-19-2)16-10-8-15(9-11-16)21-17(23)20-14-6-4-13(18)5-7-14;;/h3-11,19H,1,12H2,2H3,(H2,20,21,23);2*1H. The fraction of sp³-hybridized carbons (Fsp3) is 0.118. The molecule has 0 spiro atoms. The van der Waals surface area contributed by atoms with Gasteiger partial charge in [0.25, 0.3) is 0 Å². The Bertz CT molecular complexity index is 665. The molecule has 0 atom stereocenters. The van der Waals surface area contributed by atoms with E-state index in [4.69, 9.17) is 0 Å². The Morgan fingerprint density at radius 2 is 1.65 bits per heavy atom. The molecule has 2 rings (SSSR count). The van der Waals surface area contributed by atoms with Gasteiger partial charge in [-0.25, -0.2) is 9.18 Å². The molecule has 2 aromatic carbocycles. The van der Waals surface area contributed by atoms with E-state index in [0.29, 0.717) is 18.0 Å². The van der Waals surface area contributed by atoms with Crippen LogP contribution in [0.25, 0.3) is 0 Å². The van der Waals surface area contributed by atoms with Crippen LogP contribution in [0.4, 0.5) is 26.2 Å². The van der Waals surface area contributed by atoms with Crippen molar-refractivity contribution >= 4 is 23.1 Å². The number of hydrogen-bond acceptors (Lipinski definition) is 3. The van der Waals surface area contributed by atoms with Crippen LogP contribution in [0.5, 0.6) is 0 Å². The summed E-state index contributed by atoms with van der Waals surface area (Å²) in [4.78, 5) is 13.8. The predicted octanol–water partition coefficient (Wildman–Crippen LogP) is 4.09. The predicted molar refractivity (Wildman–Crippen MR) is 96.3 cm³/mol. The van der Waals surface area contributed by atoms with Crippen molar-refractivity contribution in [1.29, 1.82) is 0 Å². The van der Waals surface area contributed by atoms with Crippen LogP contribution in [0.15, 0.2) is 61.3 Å². The summed E-state index contributed by atoms with van der Waals surface area (Å²) in [6, 6.07) is 12.5. The highest BCUT2D eigenvalue weighted by molar-refractivity contribution is 5.99. The number of benzene rings is 2. The zero-order valence-electron chi connectivity index (χ0n) is 12.8. The summed E-state index contributed by atoms with van der Waals surface area (Å²) in [5.41, 5.74) is 2.13. The molecular formula is C17H23FN4O. The summed E-state index contributed by atoms with van der Waals surface area (Å²) in [5.74, 6) is -0.347. The van der Waals surface area contributed by atoms with Crippen molar-refractivity contribution in [3.8, 4) is 0 Å². The second-order valence-electron chi connectivity index (χ2n) is 4.80. The van der Waals surface area contributed by atoms with Gasteiger partial charge in [0, 0.05) is 19.9 Å². The van der Waals surface area contributed by atoms with Crippen molar-refractivity contribution in [3.63, 3.8) is 0 Å². The Morgan fingerprint density at radius 3 is 2.13 bits per heavy atom. The largest absolute Gasteiger partial charge is 0.335 e. The summed E-state index contributed by atoms with van der Waals surface area (Å²) < 4.78 is 12.8. The van der Waals surface area contributed by atoms with Gasteiger partial charge in [0.05, 0.1) is 6.67 Å². The molecule has 23 heavy (non-hydrogen) atoms. The van der Waals surface area contributed by atoms with Crippen LogP contribution in [-0.4, -0.2) is 19.7 Å². The number of carbonyl (C=O) groups is 1. The van der Waals surface area contributed by atoms with Gasteiger partial charge in [-0.1, -0.05) is 6.58 Å². The van der Waals surface area contributed by atoms with E-state index < -0.39 is 0 Å². The van der Waals surface area contributed by atoms with Crippen molar-refractivity contribution in [2.24, 2.45) is 0 Å². The molecule has 3 N–H and O–H groups in total. The molecule has 124 valence electrons. The number of amides is 2. The Hall–Kier alpha value is -2.86. The number of nitrogens with zero attached hydrogens (tertiary/aromatic N) is 1. The third-order valence-corrected chi connectivity index (χ3v) is 3.11. The highest BCUT2D eigenvalue weighted by Gasteiger charge is 2.05. The molecule has 0 bridgehead atoms. The second-order valence-corrected chi connectivity index (χ2v) is 4.80. The van der Waals surface area contributed by atoms with Gasteiger partial charge in [0.2, 0.25) is 0 Å². The number of anilines is 3. The van der Waals surface area contributed by atoms with E-state index in [0.717, 1.165) is 5.69 Å². The zero-order chi connectivity index (χ0) is 16.7. The lowest BCUT2D eigenvalue weighted by molar-refractivity contribution is 0.262. The van der Waals surface area contributed by atoms with Crippen LogP contribution in [0, 0.1) is 5.82 Å². The average molecular weight is 318 g/mol. The fourth-order valence-electron chi connectivity index (χ4n) is 1.99. The molecule has 5 nitrogen and oxygen atoms in total. The molecule has 2 amide bonds. The van der Waals surface area contributed by atoms with Crippen molar-refractivity contribution in [2.45, 2.75) is 0 Å². The van der Waals surface area contributed by atoms with Crippen LogP contribution in [0.2, 0.25) is 0 Å². The van der Waals surface area contributed by atoms with Crippen molar-refractivity contribution in [2.75, 3.05) is 29.2 Å². The van der Waals surface area contributed by atoms with Crippen LogP contribution in [0.3, 0.4) is 0 Å². The first-order valence-corrected chi connectivity index (χ1v) is 7.10. The van der Waals surface area contributed by atoms with E-state index in [1.807, 2.05) is 24.1 Å². The molecule has 0 aliphatic heterocycles. The molecular weight excluding hydrogens is 295 g/mol. The first kappa shape index (κ1) is 16.5. The molecule has 0 aliphatic carbocycles. The number of halogens is 1. The summed E-state index contributed by atoms with van der Waals surface area (Å²) in [6.07, 6.45) is 1.72. The Labute approximate surface area is 137 Å². The van der Waals surface area contributed by atoms with E-state index >= 15 is 0 Å². The number of urea groups is 1. The topological polar surface area (TPSA) is 56.4 Å². The van der Waals surface area contributed by atoms with Gasteiger partial charge in [0.15, 0.2) is 0 Å². The van der Waals surface area contributed by atoms with Gasteiger partial charge < -0.3 is 20.9 Å². The molecule has 0 radical (unpaired) electrons. The normalized spacial score (nSPS) is 10.0. The number of carbonyl (C=O) groups excluding carboxylic acids is 1. The SMILES string of the molecule is C=CN(CNC)c1ccc(NC(=O)Nc2ccc(F)cc2)cc1.[HH].[HH]. The van der Waals surface area contributed by atoms with Crippen molar-refractivity contribution in [1.82, 2.24) is 5.32 Å². The molecule has 0 heterocycles. The molecule has 2 aromatic rings. The van der Waals surface area contributed by atoms with Crippen molar-refractivity contribution in [3.05, 3.63) is 67.1 Å². The van der Waals surface area contributed by atoms with Gasteiger partial charge in [-0.3, -0.25) is 0 Å². The van der Waals surface area contributed by atoms with E-state index in [2.05, 4.69) is 22.5 Å². The first-order valence-electron chi connectivity index (χ1n) is 7.10. The minimum Gasteiger partial charge on any atom is -0.335 e. The number of nitrogens with one attached hydrogen (secondary N) is 3. The molecule has 0 saturated carbocycles. The smallest absolute Gasteiger partial charge is 0.323 e. The van der Waals surface area contributed by atoms with E-state index in [1.165, 1.54) is 24.3 Å². The molecule has 0 saturated heterocycles. The highest BCUT2D eigenvalue weighted by Crippen LogP contribution is 2.18. The van der Waals surface area contributed by atoms with Gasteiger partial charge in [0.1, 0.15) is 5.82 Å². The van der Waals surface area contributed by atoms with Gasteiger partial charge in [-0.2, -0.15) is 0 Å². The van der Waals surface area contributed by atoms with E-state index in [9.17, 15) is 9.18 Å². The van der Waals surface area contributed by atoms with Crippen LogP contribution < -0.4 is 20.9 Å². The summed E-state index contributed by atoms with van der Waals surface area (Å²) in [5, 5.41) is 8.39. The maximum Gasteiger partial charge on any atom is 0.323 e. The third-order valence-electron chi connectivity index (χ3n) is 3.11. The zero-order valence-corrected chi connectivity index (χ0v) is 12.8. The minimum atomic E-state index is -0.389. The summed E-state index contributed by atoms with van der Waals surface area (Å²) in [6.45, 7) is 4.40. The van der Waals surface area contributed by atoms with E-state index in [-0.39, 0.29) is 14.7 Å². The van der Waals surface area contributed by atoms with Gasteiger partial charge in [-0.05, 0) is 61.8 Å². The maximum atomic E-state index is 12.8. The molecule has 6 heteroatoms. The lowest BCUT2D eigenvalue weighted by Crippen LogP contribution is -2.27. The maximum absolute atomic E-state index is 12.8. The second kappa shape index (κ2) is 7.95. The van der Waals surface area contributed by atoms with Gasteiger partial charge in [-0.15, -0.1) is 0 Å². The van der Waals surface area contributed by atoms with Crippen LogP contribution in [-0.2, 0) is 0 Å². The number of rotatable bonds is 6. The quantitative estimate of drug-likeness (QED) is 0.703. The molecule has 0 unspecified atom stereocenters. The van der Waals surface area contributed by atoms with E-state index in [1.54, 1.807) is 18.3 Å². The van der Waals surface area contributed by atoms with Crippen LogP contribution >= 0.6 is 0 Å². The summed E-state index contributed by atoms with van der Waals surface area (Å²) >= 11 is 0. The van der Waals surface area contributed by atoms with Crippen LogP contribution in [0.1, 0.15) is 2.85 Å². The third kappa shape index (κ3) is 4.82. The summed E-state index contributed by atoms with van der Waals surface area (Å²) in [7, 11) is 1.85. The van der Waals surface area contributed by atoms with Crippen molar-refractivity contribution < 1.29 is 12.0 Å². The lowest BCUT2D eigenvalue weighted by atomic mass is 10.2. The molecule has 0 fully saturated rings. The Balaban J connectivity index is 0.00000288.